The van der Waals surface area contributed by atoms with E-state index in [4.69, 9.17) is 27.9 Å². The minimum atomic E-state index is -0.247. The molecule has 29 heavy (non-hydrogen) atoms. The van der Waals surface area contributed by atoms with E-state index in [0.717, 1.165) is 27.4 Å². The fourth-order valence-electron chi connectivity index (χ4n) is 2.67. The van der Waals surface area contributed by atoms with Gasteiger partial charge in [0.15, 0.2) is 6.61 Å². The summed E-state index contributed by atoms with van der Waals surface area (Å²) in [6.07, 6.45) is 0. The fraction of sp³-hybridized carbons (Fsp3) is 0.174. The van der Waals surface area contributed by atoms with E-state index in [0.29, 0.717) is 23.0 Å². The summed E-state index contributed by atoms with van der Waals surface area (Å²) in [4.78, 5) is 12.1. The predicted octanol–water partition coefficient (Wildman–Crippen LogP) is 6.24. The summed E-state index contributed by atoms with van der Waals surface area (Å²) in [5, 5.41) is 7.45. The third-order valence-electron chi connectivity index (χ3n) is 4.39. The number of halogens is 2. The Kier molecular flexibility index (Phi) is 7.02. The van der Waals surface area contributed by atoms with Crippen LogP contribution in [0, 0.1) is 13.8 Å². The molecule has 0 saturated heterocycles. The Morgan fingerprint density at radius 2 is 1.55 bits per heavy atom. The number of anilines is 2. The van der Waals surface area contributed by atoms with Gasteiger partial charge < -0.3 is 15.4 Å². The summed E-state index contributed by atoms with van der Waals surface area (Å²) in [7, 11) is 0. The van der Waals surface area contributed by atoms with Crippen LogP contribution in [0.1, 0.15) is 16.7 Å². The number of amides is 1. The minimum absolute atomic E-state index is 0.0874. The van der Waals surface area contributed by atoms with Crippen molar-refractivity contribution < 1.29 is 9.53 Å². The van der Waals surface area contributed by atoms with Crippen molar-refractivity contribution in [3.8, 4) is 5.75 Å². The second-order valence-electron chi connectivity index (χ2n) is 6.77. The van der Waals surface area contributed by atoms with E-state index in [1.807, 2.05) is 68.4 Å². The van der Waals surface area contributed by atoms with Crippen molar-refractivity contribution in [2.24, 2.45) is 0 Å². The molecule has 0 radical (unpaired) electrons. The number of carbonyl (C=O) groups excluding carboxylic acids is 1. The van der Waals surface area contributed by atoms with Crippen molar-refractivity contribution in [1.82, 2.24) is 0 Å². The Balaban J connectivity index is 1.53. The highest BCUT2D eigenvalue weighted by Crippen LogP contribution is 2.22. The summed E-state index contributed by atoms with van der Waals surface area (Å²) in [6, 6.07) is 18.9. The summed E-state index contributed by atoms with van der Waals surface area (Å²) in [5.74, 6) is 0.381. The van der Waals surface area contributed by atoms with E-state index >= 15 is 0 Å². The first kappa shape index (κ1) is 21.0. The van der Waals surface area contributed by atoms with Crippen LogP contribution in [0.2, 0.25) is 10.0 Å². The molecule has 2 N–H and O–H groups in total. The highest BCUT2D eigenvalue weighted by molar-refractivity contribution is 6.32. The molecule has 3 aromatic carbocycles. The second kappa shape index (κ2) is 9.68. The molecule has 0 atom stereocenters. The van der Waals surface area contributed by atoms with Gasteiger partial charge in [0.05, 0.1) is 0 Å². The topological polar surface area (TPSA) is 50.4 Å². The van der Waals surface area contributed by atoms with E-state index in [9.17, 15) is 4.79 Å². The van der Waals surface area contributed by atoms with Crippen molar-refractivity contribution in [3.63, 3.8) is 0 Å². The van der Waals surface area contributed by atoms with E-state index in [-0.39, 0.29) is 12.5 Å². The first-order valence-electron chi connectivity index (χ1n) is 9.18. The molecular formula is C23H22Cl2N2O2. The lowest BCUT2D eigenvalue weighted by Gasteiger charge is -2.11. The number of ether oxygens (including phenoxy) is 1. The number of carbonyl (C=O) groups is 1. The summed E-state index contributed by atoms with van der Waals surface area (Å²) >= 11 is 12.2. The van der Waals surface area contributed by atoms with Crippen LogP contribution in [0.5, 0.6) is 5.75 Å². The van der Waals surface area contributed by atoms with Crippen molar-refractivity contribution in [2.75, 3.05) is 17.2 Å². The standard InChI is InChI=1S/C23H22Cl2N2O2/c1-15-6-8-18(11-21(15)24)26-13-17-4-3-5-20(10-17)29-14-23(28)27-19-9-7-16(2)22(25)12-19/h3-12,26H,13-14H2,1-2H3,(H,27,28). The molecule has 0 unspecified atom stereocenters. The Morgan fingerprint density at radius 3 is 2.24 bits per heavy atom. The van der Waals surface area contributed by atoms with E-state index in [1.165, 1.54) is 0 Å². The van der Waals surface area contributed by atoms with Crippen LogP contribution in [0.3, 0.4) is 0 Å². The van der Waals surface area contributed by atoms with Crippen LogP contribution in [0.25, 0.3) is 0 Å². The van der Waals surface area contributed by atoms with E-state index in [1.54, 1.807) is 6.07 Å². The number of nitrogens with one attached hydrogen (secondary N) is 2. The SMILES string of the molecule is Cc1ccc(NCc2cccc(OCC(=O)Nc3ccc(C)c(Cl)c3)c2)cc1Cl. The van der Waals surface area contributed by atoms with Crippen LogP contribution in [0.15, 0.2) is 60.7 Å². The monoisotopic (exact) mass is 428 g/mol. The van der Waals surface area contributed by atoms with Crippen LogP contribution in [-0.2, 0) is 11.3 Å². The molecule has 0 spiro atoms. The molecule has 3 aromatic rings. The summed E-state index contributed by atoms with van der Waals surface area (Å²) in [6.45, 7) is 4.41. The second-order valence-corrected chi connectivity index (χ2v) is 7.58. The summed E-state index contributed by atoms with van der Waals surface area (Å²) in [5.41, 5.74) is 4.62. The molecule has 0 aliphatic carbocycles. The van der Waals surface area contributed by atoms with Gasteiger partial charge in [-0.3, -0.25) is 4.79 Å². The predicted molar refractivity (Wildman–Crippen MR) is 120 cm³/mol. The van der Waals surface area contributed by atoms with Gasteiger partial charge in [-0.25, -0.2) is 0 Å². The Morgan fingerprint density at radius 1 is 0.897 bits per heavy atom. The molecular weight excluding hydrogens is 407 g/mol. The molecule has 0 aromatic heterocycles. The lowest BCUT2D eigenvalue weighted by Crippen LogP contribution is -2.20. The van der Waals surface area contributed by atoms with Crippen LogP contribution < -0.4 is 15.4 Å². The maximum atomic E-state index is 12.1. The average molecular weight is 429 g/mol. The van der Waals surface area contributed by atoms with Gasteiger partial charge in [0.2, 0.25) is 0 Å². The van der Waals surface area contributed by atoms with E-state index < -0.39 is 0 Å². The highest BCUT2D eigenvalue weighted by atomic mass is 35.5. The van der Waals surface area contributed by atoms with Gasteiger partial charge in [-0.2, -0.15) is 0 Å². The summed E-state index contributed by atoms with van der Waals surface area (Å²) < 4.78 is 5.63. The average Bonchev–Trinajstić information content (AvgIpc) is 2.70. The lowest BCUT2D eigenvalue weighted by molar-refractivity contribution is -0.118. The van der Waals surface area contributed by atoms with Gasteiger partial charge in [-0.1, -0.05) is 47.5 Å². The molecule has 0 saturated carbocycles. The Labute approximate surface area is 180 Å². The molecule has 0 bridgehead atoms. The van der Waals surface area contributed by atoms with Crippen molar-refractivity contribution >= 4 is 40.5 Å². The van der Waals surface area contributed by atoms with Gasteiger partial charge in [0.25, 0.3) is 5.91 Å². The number of rotatable bonds is 7. The fourth-order valence-corrected chi connectivity index (χ4v) is 3.03. The van der Waals surface area contributed by atoms with E-state index in [2.05, 4.69) is 10.6 Å². The number of hydrogen-bond acceptors (Lipinski definition) is 3. The van der Waals surface area contributed by atoms with Crippen LogP contribution in [0.4, 0.5) is 11.4 Å². The Bertz CT molecular complexity index is 1020. The molecule has 4 nitrogen and oxygen atoms in total. The number of benzene rings is 3. The zero-order valence-electron chi connectivity index (χ0n) is 16.3. The molecule has 0 fully saturated rings. The molecule has 6 heteroatoms. The first-order chi connectivity index (χ1) is 13.9. The van der Waals surface area contributed by atoms with Crippen LogP contribution in [-0.4, -0.2) is 12.5 Å². The smallest absolute Gasteiger partial charge is 0.262 e. The number of aryl methyl sites for hydroxylation is 2. The molecule has 150 valence electrons. The van der Waals surface area contributed by atoms with Crippen molar-refractivity contribution in [1.29, 1.82) is 0 Å². The van der Waals surface area contributed by atoms with Crippen molar-refractivity contribution in [3.05, 3.63) is 87.4 Å². The van der Waals surface area contributed by atoms with Crippen LogP contribution >= 0.6 is 23.2 Å². The lowest BCUT2D eigenvalue weighted by atomic mass is 10.2. The largest absolute Gasteiger partial charge is 0.484 e. The molecule has 0 aliphatic heterocycles. The molecule has 3 rings (SSSR count). The molecule has 1 amide bonds. The van der Waals surface area contributed by atoms with Gasteiger partial charge >= 0.3 is 0 Å². The van der Waals surface area contributed by atoms with Gasteiger partial charge in [0, 0.05) is 28.0 Å². The number of hydrogen-bond donors (Lipinski definition) is 2. The maximum Gasteiger partial charge on any atom is 0.262 e. The van der Waals surface area contributed by atoms with Crippen molar-refractivity contribution in [2.45, 2.75) is 20.4 Å². The zero-order valence-corrected chi connectivity index (χ0v) is 17.8. The van der Waals surface area contributed by atoms with Gasteiger partial charge in [-0.15, -0.1) is 0 Å². The molecule has 0 heterocycles. The third kappa shape index (κ3) is 6.14. The van der Waals surface area contributed by atoms with Gasteiger partial charge in [-0.05, 0) is 66.9 Å². The maximum absolute atomic E-state index is 12.1. The molecule has 0 aliphatic rings. The zero-order chi connectivity index (χ0) is 20.8. The Hall–Kier alpha value is -2.69. The minimum Gasteiger partial charge on any atom is -0.484 e. The highest BCUT2D eigenvalue weighted by Gasteiger charge is 2.06. The normalized spacial score (nSPS) is 10.5. The quantitative estimate of drug-likeness (QED) is 0.468. The van der Waals surface area contributed by atoms with Gasteiger partial charge in [0.1, 0.15) is 5.75 Å². The third-order valence-corrected chi connectivity index (χ3v) is 5.21. The first-order valence-corrected chi connectivity index (χ1v) is 9.94.